The Hall–Kier alpha value is -1.92. The van der Waals surface area contributed by atoms with Crippen LogP contribution in [0.15, 0.2) is 30.3 Å². The maximum atomic E-state index is 11.8. The first-order chi connectivity index (χ1) is 8.56. The lowest BCUT2D eigenvalue weighted by Crippen LogP contribution is -2.40. The molecule has 1 aromatic carbocycles. The number of nitrogens with two attached hydrogens (primary N) is 1. The Kier molecular flexibility index (Phi) is 5.29. The number of carboxylic acid groups (broad SMARTS) is 1. The predicted octanol–water partition coefficient (Wildman–Crippen LogP) is -0.709. The molecule has 0 aliphatic carbocycles. The molecular weight excluding hydrogens is 236 g/mol. The van der Waals surface area contributed by atoms with Gasteiger partial charge in [-0.05, 0) is 5.56 Å². The van der Waals surface area contributed by atoms with Crippen LogP contribution in [0.5, 0.6) is 0 Å². The Morgan fingerprint density at radius 2 is 1.89 bits per heavy atom. The molecule has 0 radical (unpaired) electrons. The lowest BCUT2D eigenvalue weighted by atomic mass is 9.98. The number of amides is 1. The van der Waals surface area contributed by atoms with E-state index in [9.17, 15) is 9.59 Å². The monoisotopic (exact) mass is 252 g/mol. The van der Waals surface area contributed by atoms with Gasteiger partial charge in [-0.15, -0.1) is 0 Å². The Bertz CT molecular complexity index is 408. The molecule has 0 aromatic heterocycles. The van der Waals surface area contributed by atoms with Crippen molar-refractivity contribution in [3.8, 4) is 0 Å². The van der Waals surface area contributed by atoms with Gasteiger partial charge in [0.05, 0.1) is 12.5 Å². The molecule has 0 saturated heterocycles. The minimum atomic E-state index is -1.61. The molecular formula is C12H16N2O4. The van der Waals surface area contributed by atoms with E-state index in [1.165, 1.54) is 0 Å². The average molecular weight is 252 g/mol. The smallest absolute Gasteiger partial charge is 0.334 e. The van der Waals surface area contributed by atoms with Crippen molar-refractivity contribution < 1.29 is 19.8 Å². The van der Waals surface area contributed by atoms with E-state index in [0.29, 0.717) is 0 Å². The second-order valence-electron chi connectivity index (χ2n) is 3.80. The molecule has 1 unspecified atom stereocenters. The third-order valence-corrected chi connectivity index (χ3v) is 2.51. The highest BCUT2D eigenvalue weighted by molar-refractivity contribution is 5.84. The fraction of sp³-hybridized carbons (Fsp3) is 0.333. The minimum Gasteiger partial charge on any atom is -0.479 e. The van der Waals surface area contributed by atoms with Gasteiger partial charge < -0.3 is 21.3 Å². The highest BCUT2D eigenvalue weighted by atomic mass is 16.4. The summed E-state index contributed by atoms with van der Waals surface area (Å²) in [5.74, 6) is -2.32. The van der Waals surface area contributed by atoms with Gasteiger partial charge in [0, 0.05) is 6.54 Å². The number of benzene rings is 1. The molecule has 6 heteroatoms. The van der Waals surface area contributed by atoms with Crippen molar-refractivity contribution in [2.75, 3.05) is 13.1 Å². The number of nitrogens with one attached hydrogen (secondary N) is 1. The molecule has 1 rings (SSSR count). The molecule has 1 aromatic rings. The second-order valence-corrected chi connectivity index (χ2v) is 3.80. The third kappa shape index (κ3) is 3.83. The van der Waals surface area contributed by atoms with Crippen LogP contribution in [0.1, 0.15) is 11.5 Å². The number of hydrogen-bond donors (Lipinski definition) is 4. The lowest BCUT2D eigenvalue weighted by molar-refractivity contribution is -0.146. The first kappa shape index (κ1) is 14.1. The molecule has 0 aliphatic rings. The number of aliphatic hydroxyl groups excluding tert-OH is 1. The summed E-state index contributed by atoms with van der Waals surface area (Å²) in [5, 5.41) is 19.9. The van der Waals surface area contributed by atoms with E-state index in [0.717, 1.165) is 5.56 Å². The zero-order valence-corrected chi connectivity index (χ0v) is 9.74. The van der Waals surface area contributed by atoms with E-state index in [2.05, 4.69) is 5.32 Å². The maximum absolute atomic E-state index is 11.8. The number of carbonyl (C=O) groups is 2. The molecule has 6 nitrogen and oxygen atoms in total. The SMILES string of the molecule is NCC(C(=O)NC[C@H](O)C(=O)O)c1ccccc1. The molecule has 0 heterocycles. The molecule has 18 heavy (non-hydrogen) atoms. The van der Waals surface area contributed by atoms with E-state index in [1.54, 1.807) is 24.3 Å². The largest absolute Gasteiger partial charge is 0.479 e. The molecule has 98 valence electrons. The van der Waals surface area contributed by atoms with Crippen LogP contribution in [-0.4, -0.2) is 41.3 Å². The summed E-state index contributed by atoms with van der Waals surface area (Å²) >= 11 is 0. The fourth-order valence-corrected chi connectivity index (χ4v) is 1.49. The summed E-state index contributed by atoms with van der Waals surface area (Å²) in [6.45, 7) is -0.226. The van der Waals surface area contributed by atoms with Gasteiger partial charge in [-0.25, -0.2) is 4.79 Å². The third-order valence-electron chi connectivity index (χ3n) is 2.51. The van der Waals surface area contributed by atoms with E-state index in [4.69, 9.17) is 15.9 Å². The van der Waals surface area contributed by atoms with Crippen molar-refractivity contribution in [1.82, 2.24) is 5.32 Å². The van der Waals surface area contributed by atoms with Crippen LogP contribution in [0.25, 0.3) is 0 Å². The summed E-state index contributed by atoms with van der Waals surface area (Å²) in [7, 11) is 0. The van der Waals surface area contributed by atoms with Crippen LogP contribution >= 0.6 is 0 Å². The van der Waals surface area contributed by atoms with Crippen molar-refractivity contribution in [1.29, 1.82) is 0 Å². The van der Waals surface area contributed by atoms with Gasteiger partial charge in [0.15, 0.2) is 6.10 Å². The van der Waals surface area contributed by atoms with E-state index in [1.807, 2.05) is 6.07 Å². The number of aliphatic hydroxyl groups is 1. The highest BCUT2D eigenvalue weighted by Gasteiger charge is 2.21. The quantitative estimate of drug-likeness (QED) is 0.534. The topological polar surface area (TPSA) is 113 Å². The summed E-state index contributed by atoms with van der Waals surface area (Å²) in [4.78, 5) is 22.2. The summed E-state index contributed by atoms with van der Waals surface area (Å²) < 4.78 is 0. The molecule has 0 bridgehead atoms. The number of rotatable bonds is 6. The van der Waals surface area contributed by atoms with Gasteiger partial charge in [0.1, 0.15) is 0 Å². The van der Waals surface area contributed by atoms with Crippen molar-refractivity contribution in [3.05, 3.63) is 35.9 Å². The molecule has 5 N–H and O–H groups in total. The molecule has 0 fully saturated rings. The number of carbonyl (C=O) groups excluding carboxylic acids is 1. The van der Waals surface area contributed by atoms with E-state index < -0.39 is 23.9 Å². The van der Waals surface area contributed by atoms with Gasteiger partial charge in [-0.3, -0.25) is 4.79 Å². The number of hydrogen-bond acceptors (Lipinski definition) is 4. The predicted molar refractivity (Wildman–Crippen MR) is 64.9 cm³/mol. The van der Waals surface area contributed by atoms with Gasteiger partial charge in [0.25, 0.3) is 0 Å². The van der Waals surface area contributed by atoms with E-state index >= 15 is 0 Å². The Labute approximate surface area is 104 Å². The van der Waals surface area contributed by atoms with Crippen LogP contribution in [-0.2, 0) is 9.59 Å². The second kappa shape index (κ2) is 6.73. The first-order valence-corrected chi connectivity index (χ1v) is 5.50. The van der Waals surface area contributed by atoms with E-state index in [-0.39, 0.29) is 13.1 Å². The van der Waals surface area contributed by atoms with Crippen molar-refractivity contribution in [2.24, 2.45) is 5.73 Å². The molecule has 0 aliphatic heterocycles. The van der Waals surface area contributed by atoms with Crippen LogP contribution in [0, 0.1) is 0 Å². The van der Waals surface area contributed by atoms with Crippen LogP contribution < -0.4 is 11.1 Å². The Morgan fingerprint density at radius 3 is 2.39 bits per heavy atom. The zero-order valence-electron chi connectivity index (χ0n) is 9.74. The first-order valence-electron chi connectivity index (χ1n) is 5.50. The molecule has 2 atom stereocenters. The van der Waals surface area contributed by atoms with Crippen LogP contribution in [0.3, 0.4) is 0 Å². The molecule has 0 spiro atoms. The molecule has 0 saturated carbocycles. The minimum absolute atomic E-state index is 0.110. The summed E-state index contributed by atoms with van der Waals surface area (Å²) in [6.07, 6.45) is -1.61. The highest BCUT2D eigenvalue weighted by Crippen LogP contribution is 2.13. The summed E-state index contributed by atoms with van der Waals surface area (Å²) in [6, 6.07) is 8.94. The van der Waals surface area contributed by atoms with Crippen LogP contribution in [0.4, 0.5) is 0 Å². The molecule has 1 amide bonds. The normalized spacial score (nSPS) is 13.7. The standard InChI is InChI=1S/C12H16N2O4/c13-6-9(8-4-2-1-3-5-8)11(16)14-7-10(15)12(17)18/h1-5,9-10,15H,6-7,13H2,(H,14,16)(H,17,18)/t9?,10-/m0/s1. The van der Waals surface area contributed by atoms with Gasteiger partial charge >= 0.3 is 5.97 Å². The summed E-state index contributed by atoms with van der Waals surface area (Å²) in [5.41, 5.74) is 6.28. The van der Waals surface area contributed by atoms with Gasteiger partial charge in [-0.2, -0.15) is 0 Å². The average Bonchev–Trinajstić information content (AvgIpc) is 2.38. The van der Waals surface area contributed by atoms with Crippen molar-refractivity contribution in [2.45, 2.75) is 12.0 Å². The maximum Gasteiger partial charge on any atom is 0.334 e. The fourth-order valence-electron chi connectivity index (χ4n) is 1.49. The van der Waals surface area contributed by atoms with Crippen molar-refractivity contribution >= 4 is 11.9 Å². The lowest BCUT2D eigenvalue weighted by Gasteiger charge is -2.16. The zero-order chi connectivity index (χ0) is 13.5. The van der Waals surface area contributed by atoms with Crippen LogP contribution in [0.2, 0.25) is 0 Å². The Balaban J connectivity index is 2.61. The van der Waals surface area contributed by atoms with Crippen molar-refractivity contribution in [3.63, 3.8) is 0 Å². The van der Waals surface area contributed by atoms with Gasteiger partial charge in [0.2, 0.25) is 5.91 Å². The number of carboxylic acids is 1. The number of aliphatic carboxylic acids is 1. The Morgan fingerprint density at radius 1 is 1.28 bits per heavy atom. The van der Waals surface area contributed by atoms with Gasteiger partial charge in [-0.1, -0.05) is 30.3 Å².